The summed E-state index contributed by atoms with van der Waals surface area (Å²) in [4.78, 5) is 0. The van der Waals surface area contributed by atoms with Gasteiger partial charge in [0.05, 0.1) is 11.5 Å². The highest BCUT2D eigenvalue weighted by Crippen LogP contribution is 2.18. The van der Waals surface area contributed by atoms with E-state index in [4.69, 9.17) is 16.3 Å². The second kappa shape index (κ2) is 15.8. The molecule has 2 unspecified atom stereocenters. The lowest BCUT2D eigenvalue weighted by molar-refractivity contribution is 0.0583. The highest BCUT2D eigenvalue weighted by atomic mass is 35.5. The van der Waals surface area contributed by atoms with Crippen LogP contribution in [0.5, 0.6) is 0 Å². The molecule has 0 N–H and O–H groups in total. The molecule has 1 saturated heterocycles. The van der Waals surface area contributed by atoms with Gasteiger partial charge in [0, 0.05) is 6.61 Å². The summed E-state index contributed by atoms with van der Waals surface area (Å²) >= 11 is 6.48. The first-order valence-corrected chi connectivity index (χ1v) is 11.0. The fourth-order valence-electron chi connectivity index (χ4n) is 3.52. The molecule has 0 amide bonds. The van der Waals surface area contributed by atoms with Crippen LogP contribution in [0.25, 0.3) is 0 Å². The van der Waals surface area contributed by atoms with E-state index in [1.807, 2.05) is 0 Å². The summed E-state index contributed by atoms with van der Waals surface area (Å²) in [5, 5.41) is 0.198. The van der Waals surface area contributed by atoms with Crippen molar-refractivity contribution in [2.45, 2.75) is 128 Å². The molecule has 138 valence electrons. The van der Waals surface area contributed by atoms with E-state index in [0.29, 0.717) is 0 Å². The molecular weight excluding hydrogens is 304 g/mol. The van der Waals surface area contributed by atoms with Crippen molar-refractivity contribution in [1.29, 1.82) is 0 Å². The molecule has 0 aromatic carbocycles. The molecular formula is C21H41ClO. The molecule has 1 nitrogen and oxygen atoms in total. The Hall–Kier alpha value is 0.250. The number of halogens is 1. The molecule has 1 fully saturated rings. The third-order valence-electron chi connectivity index (χ3n) is 5.26. The minimum Gasteiger partial charge on any atom is -0.377 e. The van der Waals surface area contributed by atoms with Gasteiger partial charge in [-0.25, -0.2) is 0 Å². The van der Waals surface area contributed by atoms with Crippen molar-refractivity contribution < 1.29 is 4.74 Å². The lowest BCUT2D eigenvalue weighted by atomic mass is 10.0. The number of alkyl halides is 1. The molecule has 1 aliphatic rings. The number of hydrogen-bond acceptors (Lipinski definition) is 1. The molecule has 0 aromatic heterocycles. The Bertz CT molecular complexity index is 220. The smallest absolute Gasteiger partial charge is 0.0710 e. The molecule has 0 aliphatic carbocycles. The van der Waals surface area contributed by atoms with Crippen molar-refractivity contribution in [1.82, 2.24) is 0 Å². The lowest BCUT2D eigenvalue weighted by Gasteiger charge is -2.18. The van der Waals surface area contributed by atoms with Gasteiger partial charge in [0.15, 0.2) is 0 Å². The Kier molecular flexibility index (Phi) is 14.6. The van der Waals surface area contributed by atoms with Gasteiger partial charge >= 0.3 is 0 Å². The number of rotatable bonds is 0. The van der Waals surface area contributed by atoms with Crippen LogP contribution < -0.4 is 0 Å². The van der Waals surface area contributed by atoms with Gasteiger partial charge in [0.25, 0.3) is 0 Å². The largest absolute Gasteiger partial charge is 0.377 e. The van der Waals surface area contributed by atoms with Crippen molar-refractivity contribution >= 4 is 11.6 Å². The fourth-order valence-corrected chi connectivity index (χ4v) is 3.75. The number of ether oxygens (including phenoxy) is 1. The molecule has 1 rings (SSSR count). The first-order valence-electron chi connectivity index (χ1n) is 10.6. The molecule has 0 radical (unpaired) electrons. The van der Waals surface area contributed by atoms with Gasteiger partial charge in [-0.2, -0.15) is 0 Å². The Morgan fingerprint density at radius 1 is 0.565 bits per heavy atom. The van der Waals surface area contributed by atoms with E-state index in [0.717, 1.165) is 13.0 Å². The predicted octanol–water partition coefficient (Wildman–Crippen LogP) is 7.64. The van der Waals surface area contributed by atoms with Gasteiger partial charge in [0.2, 0.25) is 0 Å². The van der Waals surface area contributed by atoms with Crippen LogP contribution in [0, 0.1) is 0 Å². The van der Waals surface area contributed by atoms with Crippen molar-refractivity contribution in [2.75, 3.05) is 6.61 Å². The fraction of sp³-hybridized carbons (Fsp3) is 1.00. The summed E-state index contributed by atoms with van der Waals surface area (Å²) in [6.45, 7) is 3.04. The first kappa shape index (κ1) is 21.3. The van der Waals surface area contributed by atoms with Gasteiger partial charge in [-0.05, 0) is 19.8 Å². The summed E-state index contributed by atoms with van der Waals surface area (Å²) in [5.41, 5.74) is 0. The predicted molar refractivity (Wildman–Crippen MR) is 104 cm³/mol. The summed E-state index contributed by atoms with van der Waals surface area (Å²) in [6.07, 6.45) is 23.6. The molecule has 2 atom stereocenters. The average Bonchev–Trinajstić information content (AvgIpc) is 2.55. The quantitative estimate of drug-likeness (QED) is 0.410. The molecule has 0 spiro atoms. The molecule has 0 aromatic rings. The Balaban J connectivity index is 2.16. The van der Waals surface area contributed by atoms with Crippen molar-refractivity contribution in [3.8, 4) is 0 Å². The van der Waals surface area contributed by atoms with E-state index in [1.165, 1.54) is 103 Å². The highest BCUT2D eigenvalue weighted by molar-refractivity contribution is 6.21. The van der Waals surface area contributed by atoms with E-state index < -0.39 is 0 Å². The SMILES string of the molecule is CC1OCCCCCCCCCCCCCCCCCCC1Cl. The Labute approximate surface area is 150 Å². The molecule has 23 heavy (non-hydrogen) atoms. The van der Waals surface area contributed by atoms with E-state index in [9.17, 15) is 0 Å². The van der Waals surface area contributed by atoms with Crippen LogP contribution in [0.4, 0.5) is 0 Å². The number of hydrogen-bond donors (Lipinski definition) is 0. The van der Waals surface area contributed by atoms with Gasteiger partial charge in [-0.3, -0.25) is 0 Å². The molecule has 2 heteroatoms. The maximum atomic E-state index is 6.48. The zero-order valence-electron chi connectivity index (χ0n) is 15.7. The molecule has 0 bridgehead atoms. The van der Waals surface area contributed by atoms with E-state index in [-0.39, 0.29) is 11.5 Å². The second-order valence-corrected chi connectivity index (χ2v) is 8.10. The third-order valence-corrected chi connectivity index (χ3v) is 5.84. The topological polar surface area (TPSA) is 9.23 Å². The molecule has 0 saturated carbocycles. The van der Waals surface area contributed by atoms with Crippen LogP contribution in [-0.4, -0.2) is 18.1 Å². The molecule has 1 heterocycles. The van der Waals surface area contributed by atoms with Crippen LogP contribution >= 0.6 is 11.6 Å². The van der Waals surface area contributed by atoms with E-state index in [2.05, 4.69) is 6.92 Å². The van der Waals surface area contributed by atoms with Crippen LogP contribution in [0.15, 0.2) is 0 Å². The maximum absolute atomic E-state index is 6.48. The van der Waals surface area contributed by atoms with Crippen molar-refractivity contribution in [3.63, 3.8) is 0 Å². The summed E-state index contributed by atoms with van der Waals surface area (Å²) in [7, 11) is 0. The first-order chi connectivity index (χ1) is 11.3. The summed E-state index contributed by atoms with van der Waals surface area (Å²) < 4.78 is 5.92. The van der Waals surface area contributed by atoms with Gasteiger partial charge in [-0.15, -0.1) is 11.6 Å². The minimum absolute atomic E-state index is 0.198. The van der Waals surface area contributed by atoms with Crippen LogP contribution in [-0.2, 0) is 4.74 Å². The Morgan fingerprint density at radius 2 is 0.913 bits per heavy atom. The average molecular weight is 345 g/mol. The third kappa shape index (κ3) is 13.2. The van der Waals surface area contributed by atoms with Crippen LogP contribution in [0.2, 0.25) is 0 Å². The highest BCUT2D eigenvalue weighted by Gasteiger charge is 2.14. The van der Waals surface area contributed by atoms with Gasteiger partial charge < -0.3 is 4.74 Å². The normalized spacial score (nSPS) is 29.5. The Morgan fingerprint density at radius 3 is 1.35 bits per heavy atom. The minimum atomic E-state index is 0.198. The standard InChI is InChI=1S/C21H41ClO/c1-20-21(22)18-16-14-12-10-8-6-4-2-3-5-7-9-11-13-15-17-19-23-20/h20-21H,2-19H2,1H3. The van der Waals surface area contributed by atoms with Crippen molar-refractivity contribution in [2.24, 2.45) is 0 Å². The summed E-state index contributed by atoms with van der Waals surface area (Å²) in [5.74, 6) is 0. The monoisotopic (exact) mass is 344 g/mol. The van der Waals surface area contributed by atoms with E-state index in [1.54, 1.807) is 0 Å². The van der Waals surface area contributed by atoms with E-state index >= 15 is 0 Å². The zero-order valence-corrected chi connectivity index (χ0v) is 16.4. The van der Waals surface area contributed by atoms with Crippen LogP contribution in [0.1, 0.15) is 116 Å². The maximum Gasteiger partial charge on any atom is 0.0710 e. The lowest BCUT2D eigenvalue weighted by Crippen LogP contribution is -2.21. The van der Waals surface area contributed by atoms with Crippen LogP contribution in [0.3, 0.4) is 0 Å². The van der Waals surface area contributed by atoms with Gasteiger partial charge in [-0.1, -0.05) is 96.3 Å². The second-order valence-electron chi connectivity index (χ2n) is 7.54. The zero-order chi connectivity index (χ0) is 16.6. The van der Waals surface area contributed by atoms with Gasteiger partial charge in [0.1, 0.15) is 0 Å². The summed E-state index contributed by atoms with van der Waals surface area (Å²) in [6, 6.07) is 0. The molecule has 1 aliphatic heterocycles. The van der Waals surface area contributed by atoms with Crippen molar-refractivity contribution in [3.05, 3.63) is 0 Å².